The molecule has 0 saturated carbocycles. The lowest BCUT2D eigenvalue weighted by atomic mass is 10.1. The summed E-state index contributed by atoms with van der Waals surface area (Å²) in [7, 11) is 0. The third-order valence-corrected chi connectivity index (χ3v) is 6.19. The van der Waals surface area contributed by atoms with Gasteiger partial charge in [0.1, 0.15) is 5.82 Å². The van der Waals surface area contributed by atoms with Crippen molar-refractivity contribution in [2.75, 3.05) is 12.5 Å². The number of amides is 1. The van der Waals surface area contributed by atoms with Gasteiger partial charge < -0.3 is 14.8 Å². The van der Waals surface area contributed by atoms with Gasteiger partial charge in [0.15, 0.2) is 22.5 Å². The minimum atomic E-state index is -0.339. The predicted molar refractivity (Wildman–Crippen MR) is 124 cm³/mol. The van der Waals surface area contributed by atoms with Crippen molar-refractivity contribution in [1.82, 2.24) is 25.1 Å². The maximum atomic E-state index is 13.5. The van der Waals surface area contributed by atoms with Gasteiger partial charge in [-0.25, -0.2) is 4.39 Å². The van der Waals surface area contributed by atoms with Gasteiger partial charge >= 0.3 is 0 Å². The Balaban J connectivity index is 1.32. The number of ether oxygens (including phenoxy) is 2. The smallest absolute Gasteiger partial charge is 0.231 e. The summed E-state index contributed by atoms with van der Waals surface area (Å²) in [5, 5.41) is 12.1. The van der Waals surface area contributed by atoms with E-state index in [1.165, 1.54) is 23.9 Å². The number of hydrogen-bond donors (Lipinski definition) is 1. The molecule has 0 saturated heterocycles. The minimum absolute atomic E-state index is 0.130. The molecule has 8 nitrogen and oxygen atoms in total. The average Bonchev–Trinajstić information content (AvgIpc) is 3.50. The lowest BCUT2D eigenvalue weighted by molar-refractivity contribution is -0.119. The maximum Gasteiger partial charge on any atom is 0.231 e. The van der Waals surface area contributed by atoms with Crippen LogP contribution in [0.2, 0.25) is 0 Å². The van der Waals surface area contributed by atoms with E-state index in [2.05, 4.69) is 20.5 Å². The van der Waals surface area contributed by atoms with Crippen molar-refractivity contribution in [2.45, 2.75) is 18.1 Å². The third kappa shape index (κ3) is 4.58. The van der Waals surface area contributed by atoms with Crippen LogP contribution in [0.3, 0.4) is 0 Å². The Labute approximate surface area is 199 Å². The first-order valence-electron chi connectivity index (χ1n) is 10.5. The van der Waals surface area contributed by atoms with Crippen LogP contribution in [-0.4, -0.2) is 38.2 Å². The highest BCUT2D eigenvalue weighted by Crippen LogP contribution is 2.34. The molecule has 5 rings (SSSR count). The first kappa shape index (κ1) is 21.9. The molecule has 1 atom stereocenters. The van der Waals surface area contributed by atoms with E-state index in [0.717, 1.165) is 11.1 Å². The highest BCUT2D eigenvalue weighted by atomic mass is 32.2. The quantitative estimate of drug-likeness (QED) is 0.400. The number of nitrogens with one attached hydrogen (secondary N) is 1. The molecule has 3 heterocycles. The second-order valence-corrected chi connectivity index (χ2v) is 8.49. The summed E-state index contributed by atoms with van der Waals surface area (Å²) in [5.41, 5.74) is 2.41. The number of rotatable bonds is 7. The second kappa shape index (κ2) is 9.52. The molecule has 1 aliphatic heterocycles. The molecule has 4 aromatic rings. The zero-order chi connectivity index (χ0) is 23.5. The fraction of sp³-hybridized carbons (Fsp3) is 0.167. The summed E-state index contributed by atoms with van der Waals surface area (Å²) in [6.07, 6.45) is 3.33. The van der Waals surface area contributed by atoms with Crippen LogP contribution >= 0.6 is 11.8 Å². The molecule has 172 valence electrons. The molecular weight excluding hydrogens is 457 g/mol. The van der Waals surface area contributed by atoms with E-state index in [4.69, 9.17) is 9.47 Å². The molecular formula is C24H20FN5O3S. The van der Waals surface area contributed by atoms with E-state index in [1.807, 2.05) is 37.3 Å². The van der Waals surface area contributed by atoms with Crippen LogP contribution < -0.4 is 14.8 Å². The van der Waals surface area contributed by atoms with Crippen LogP contribution in [0.5, 0.6) is 11.5 Å². The molecule has 0 bridgehead atoms. The predicted octanol–water partition coefficient (Wildman–Crippen LogP) is 4.17. The molecule has 2 aromatic heterocycles. The van der Waals surface area contributed by atoms with Gasteiger partial charge in [-0.2, -0.15) is 0 Å². The Morgan fingerprint density at radius 2 is 1.85 bits per heavy atom. The lowest BCUT2D eigenvalue weighted by Gasteiger charge is -2.15. The fourth-order valence-corrected chi connectivity index (χ4v) is 4.32. The summed E-state index contributed by atoms with van der Waals surface area (Å²) < 4.78 is 26.1. The van der Waals surface area contributed by atoms with Gasteiger partial charge in [0.2, 0.25) is 12.7 Å². The van der Waals surface area contributed by atoms with Gasteiger partial charge in [-0.15, -0.1) is 10.2 Å². The summed E-state index contributed by atoms with van der Waals surface area (Å²) in [4.78, 5) is 16.7. The van der Waals surface area contributed by atoms with Crippen molar-refractivity contribution < 1.29 is 18.7 Å². The lowest BCUT2D eigenvalue weighted by Crippen LogP contribution is -2.28. The Kier molecular flexibility index (Phi) is 6.13. The number of carbonyl (C=O) groups is 1. The number of halogens is 1. The molecule has 0 unspecified atom stereocenters. The summed E-state index contributed by atoms with van der Waals surface area (Å²) in [6.45, 7) is 2.11. The molecule has 10 heteroatoms. The number of carbonyl (C=O) groups excluding carboxylic acids is 1. The summed E-state index contributed by atoms with van der Waals surface area (Å²) in [6, 6.07) is 15.1. The zero-order valence-corrected chi connectivity index (χ0v) is 19.0. The maximum absolute atomic E-state index is 13.5. The SMILES string of the molecule is C[C@@H](NC(=O)CSc1nnc(-c2ccncc2)n1-c1ccc(F)cc1)c1ccc2c(c1)OCO2. The van der Waals surface area contributed by atoms with Crippen LogP contribution in [0.25, 0.3) is 17.1 Å². The van der Waals surface area contributed by atoms with E-state index < -0.39 is 0 Å². The third-order valence-electron chi connectivity index (χ3n) is 5.26. The highest BCUT2D eigenvalue weighted by molar-refractivity contribution is 7.99. The monoisotopic (exact) mass is 477 g/mol. The molecule has 2 aromatic carbocycles. The van der Waals surface area contributed by atoms with E-state index in [-0.39, 0.29) is 30.3 Å². The molecule has 0 fully saturated rings. The normalized spacial score (nSPS) is 13.0. The van der Waals surface area contributed by atoms with E-state index in [0.29, 0.717) is 28.2 Å². The van der Waals surface area contributed by atoms with Crippen molar-refractivity contribution >= 4 is 17.7 Å². The van der Waals surface area contributed by atoms with E-state index in [9.17, 15) is 9.18 Å². The largest absolute Gasteiger partial charge is 0.454 e. The van der Waals surface area contributed by atoms with Gasteiger partial charge in [-0.05, 0) is 61.0 Å². The van der Waals surface area contributed by atoms with Gasteiger partial charge in [0.25, 0.3) is 0 Å². The van der Waals surface area contributed by atoms with Crippen molar-refractivity contribution in [3.05, 3.63) is 78.4 Å². The number of benzene rings is 2. The number of nitrogens with zero attached hydrogens (tertiary/aromatic N) is 4. The number of aromatic nitrogens is 4. The second-order valence-electron chi connectivity index (χ2n) is 7.54. The first-order chi connectivity index (χ1) is 16.6. The van der Waals surface area contributed by atoms with Crippen molar-refractivity contribution in [2.24, 2.45) is 0 Å². The van der Waals surface area contributed by atoms with Crippen LogP contribution in [0.15, 0.2) is 72.1 Å². The molecule has 34 heavy (non-hydrogen) atoms. The Morgan fingerprint density at radius 1 is 1.09 bits per heavy atom. The summed E-state index contributed by atoms with van der Waals surface area (Å²) >= 11 is 1.25. The molecule has 0 spiro atoms. The van der Waals surface area contributed by atoms with Crippen LogP contribution in [0.1, 0.15) is 18.5 Å². The van der Waals surface area contributed by atoms with E-state index in [1.54, 1.807) is 29.1 Å². The van der Waals surface area contributed by atoms with Gasteiger partial charge in [-0.3, -0.25) is 14.3 Å². The molecule has 0 aliphatic carbocycles. The number of thioether (sulfide) groups is 1. The molecule has 1 amide bonds. The molecule has 0 radical (unpaired) electrons. The standard InChI is InChI=1S/C24H20FN5O3S/c1-15(17-2-7-20-21(12-17)33-14-32-20)27-22(31)13-34-24-29-28-23(16-8-10-26-11-9-16)30(24)19-5-3-18(25)4-6-19/h2-12,15H,13-14H2,1H3,(H,27,31)/t15-/m1/s1. The topological polar surface area (TPSA) is 91.2 Å². The Morgan fingerprint density at radius 3 is 2.65 bits per heavy atom. The first-order valence-corrected chi connectivity index (χ1v) is 11.5. The van der Waals surface area contributed by atoms with Gasteiger partial charge in [-0.1, -0.05) is 17.8 Å². The van der Waals surface area contributed by atoms with Crippen molar-refractivity contribution in [1.29, 1.82) is 0 Å². The van der Waals surface area contributed by atoms with Crippen LogP contribution in [0, 0.1) is 5.82 Å². The van der Waals surface area contributed by atoms with Gasteiger partial charge in [0.05, 0.1) is 11.8 Å². The van der Waals surface area contributed by atoms with Crippen molar-refractivity contribution in [3.8, 4) is 28.6 Å². The van der Waals surface area contributed by atoms with E-state index >= 15 is 0 Å². The summed E-state index contributed by atoms with van der Waals surface area (Å²) in [5.74, 6) is 1.57. The van der Waals surface area contributed by atoms with Crippen LogP contribution in [-0.2, 0) is 4.79 Å². The van der Waals surface area contributed by atoms with Crippen LogP contribution in [0.4, 0.5) is 4.39 Å². The number of pyridine rings is 1. The average molecular weight is 478 g/mol. The number of hydrogen-bond acceptors (Lipinski definition) is 7. The molecule has 1 aliphatic rings. The Bertz CT molecular complexity index is 1310. The fourth-order valence-electron chi connectivity index (χ4n) is 3.55. The van der Waals surface area contributed by atoms with Gasteiger partial charge in [0, 0.05) is 23.6 Å². The van der Waals surface area contributed by atoms with Crippen molar-refractivity contribution in [3.63, 3.8) is 0 Å². The number of fused-ring (bicyclic) bond motifs is 1. The minimum Gasteiger partial charge on any atom is -0.454 e. The highest BCUT2D eigenvalue weighted by Gasteiger charge is 2.20. The Hall–Kier alpha value is -3.92. The zero-order valence-electron chi connectivity index (χ0n) is 18.1. The molecule has 1 N–H and O–H groups in total.